The number of halogens is 2. The van der Waals surface area contributed by atoms with Crippen LogP contribution in [-0.2, 0) is 6.42 Å². The van der Waals surface area contributed by atoms with Crippen molar-refractivity contribution >= 4 is 51.9 Å². The van der Waals surface area contributed by atoms with Crippen LogP contribution in [0.15, 0.2) is 53.9 Å². The predicted molar refractivity (Wildman–Crippen MR) is 116 cm³/mol. The summed E-state index contributed by atoms with van der Waals surface area (Å²) in [6.45, 7) is 0. The molecule has 0 saturated heterocycles. The molecule has 0 unspecified atom stereocenters. The van der Waals surface area contributed by atoms with Crippen LogP contribution < -0.4 is 5.32 Å². The molecule has 150 valence electrons. The van der Waals surface area contributed by atoms with Crippen molar-refractivity contribution in [3.8, 4) is 11.4 Å². The fourth-order valence-corrected chi connectivity index (χ4v) is 4.09. The smallest absolute Gasteiger partial charge is 0.255 e. The number of thiophene rings is 1. The summed E-state index contributed by atoms with van der Waals surface area (Å²) in [7, 11) is 0. The maximum Gasteiger partial charge on any atom is 0.255 e. The third-order valence-electron chi connectivity index (χ3n) is 4.28. The topological polar surface area (TPSA) is 101 Å². The van der Waals surface area contributed by atoms with Gasteiger partial charge in [-0.05, 0) is 58.6 Å². The van der Waals surface area contributed by atoms with Crippen molar-refractivity contribution in [1.29, 1.82) is 0 Å². The number of ketones is 1. The van der Waals surface area contributed by atoms with Crippen LogP contribution in [0.1, 0.15) is 25.6 Å². The van der Waals surface area contributed by atoms with E-state index in [0.29, 0.717) is 43.1 Å². The Hall–Kier alpha value is -3.07. The number of nitrogens with one attached hydrogen (secondary N) is 2. The first-order valence-electron chi connectivity index (χ1n) is 8.71. The van der Waals surface area contributed by atoms with E-state index in [9.17, 15) is 9.59 Å². The summed E-state index contributed by atoms with van der Waals surface area (Å²) in [4.78, 5) is 26.2. The molecule has 2 aromatic heterocycles. The van der Waals surface area contributed by atoms with Crippen LogP contribution in [0.4, 0.5) is 5.69 Å². The molecule has 0 aliphatic rings. The Morgan fingerprint density at radius 1 is 1.07 bits per heavy atom. The molecule has 0 bridgehead atoms. The highest BCUT2D eigenvalue weighted by Gasteiger charge is 2.19. The number of carbonyl (C=O) groups excluding carboxylic acids is 2. The lowest BCUT2D eigenvalue weighted by Gasteiger charge is -2.11. The summed E-state index contributed by atoms with van der Waals surface area (Å²) in [6.07, 6.45) is -0.00467. The Kier molecular flexibility index (Phi) is 5.89. The number of H-pyrrole nitrogens is 1. The molecule has 0 fully saturated rings. The lowest BCUT2D eigenvalue weighted by molar-refractivity contribution is 0.0996. The Morgan fingerprint density at radius 2 is 1.87 bits per heavy atom. The minimum Gasteiger partial charge on any atom is -0.322 e. The molecule has 30 heavy (non-hydrogen) atoms. The zero-order valence-electron chi connectivity index (χ0n) is 15.2. The molecule has 4 rings (SSSR count). The minimum absolute atomic E-state index is 0.00467. The van der Waals surface area contributed by atoms with Gasteiger partial charge in [0, 0.05) is 28.3 Å². The number of hydrogen-bond donors (Lipinski definition) is 2. The van der Waals surface area contributed by atoms with Crippen LogP contribution in [0.5, 0.6) is 0 Å². The van der Waals surface area contributed by atoms with Gasteiger partial charge in [-0.15, -0.1) is 21.5 Å². The van der Waals surface area contributed by atoms with E-state index in [2.05, 4.69) is 25.9 Å². The molecule has 2 heterocycles. The van der Waals surface area contributed by atoms with Crippen LogP contribution in [0.2, 0.25) is 10.0 Å². The van der Waals surface area contributed by atoms with Crippen molar-refractivity contribution in [2.24, 2.45) is 0 Å². The van der Waals surface area contributed by atoms with Crippen molar-refractivity contribution in [3.63, 3.8) is 0 Å². The maximum atomic E-state index is 12.9. The molecule has 0 saturated carbocycles. The quantitative estimate of drug-likeness (QED) is 0.400. The molecule has 2 aromatic carbocycles. The van der Waals surface area contributed by atoms with Gasteiger partial charge in [-0.25, -0.2) is 0 Å². The standard InChI is InChI=1S/C20H13Cl2N5O2S/c21-13-2-4-14(5-3-13)23-20(29)15-6-1-11(19-24-26-27-25-19)9-12(15)10-17(28)18-16(22)7-8-30-18/h1-9H,10H2,(H,23,29)(H,24,25,26,27). The van der Waals surface area contributed by atoms with E-state index in [1.807, 2.05) is 0 Å². The monoisotopic (exact) mass is 457 g/mol. The number of amides is 1. The maximum absolute atomic E-state index is 12.9. The van der Waals surface area contributed by atoms with E-state index in [4.69, 9.17) is 23.2 Å². The second-order valence-corrected chi connectivity index (χ2v) is 8.03. The molecule has 10 heteroatoms. The number of Topliss-reactive ketones (excluding diaryl/α,β-unsaturated/α-hetero) is 1. The van der Waals surface area contributed by atoms with Crippen molar-refractivity contribution in [2.75, 3.05) is 5.32 Å². The molecule has 7 nitrogen and oxygen atoms in total. The van der Waals surface area contributed by atoms with Gasteiger partial charge in [-0.2, -0.15) is 5.21 Å². The molecular weight excluding hydrogens is 445 g/mol. The van der Waals surface area contributed by atoms with Crippen molar-refractivity contribution in [2.45, 2.75) is 6.42 Å². The van der Waals surface area contributed by atoms with Crippen LogP contribution in [0.25, 0.3) is 11.4 Å². The number of aromatic amines is 1. The van der Waals surface area contributed by atoms with Gasteiger partial charge in [0.2, 0.25) is 5.82 Å². The van der Waals surface area contributed by atoms with Crippen molar-refractivity contribution in [1.82, 2.24) is 20.6 Å². The van der Waals surface area contributed by atoms with Gasteiger partial charge >= 0.3 is 0 Å². The van der Waals surface area contributed by atoms with E-state index in [-0.39, 0.29) is 18.1 Å². The second kappa shape index (κ2) is 8.74. The van der Waals surface area contributed by atoms with E-state index >= 15 is 0 Å². The predicted octanol–water partition coefficient (Wildman–Crippen LogP) is 4.91. The van der Waals surface area contributed by atoms with Gasteiger partial charge < -0.3 is 5.32 Å². The van der Waals surface area contributed by atoms with E-state index in [1.54, 1.807) is 53.9 Å². The molecule has 1 amide bonds. The van der Waals surface area contributed by atoms with Gasteiger partial charge in [-0.3, -0.25) is 9.59 Å². The van der Waals surface area contributed by atoms with Crippen molar-refractivity contribution in [3.05, 3.63) is 80.0 Å². The van der Waals surface area contributed by atoms with Crippen LogP contribution in [0, 0.1) is 0 Å². The van der Waals surface area contributed by atoms with E-state index in [0.717, 1.165) is 0 Å². The third-order valence-corrected chi connectivity index (χ3v) is 5.91. The van der Waals surface area contributed by atoms with Gasteiger partial charge in [0.05, 0.1) is 9.90 Å². The summed E-state index contributed by atoms with van der Waals surface area (Å²) in [6, 6.07) is 13.5. The average Bonchev–Trinajstić information content (AvgIpc) is 3.41. The van der Waals surface area contributed by atoms with Crippen LogP contribution >= 0.6 is 34.5 Å². The fraction of sp³-hybridized carbons (Fsp3) is 0.0500. The number of rotatable bonds is 6. The SMILES string of the molecule is O=C(Nc1ccc(Cl)cc1)c1ccc(-c2nn[nH]n2)cc1CC(=O)c1sccc1Cl. The minimum atomic E-state index is -0.350. The average molecular weight is 458 g/mol. The van der Waals surface area contributed by atoms with Gasteiger partial charge in [0.25, 0.3) is 5.91 Å². The summed E-state index contributed by atoms with van der Waals surface area (Å²) < 4.78 is 0. The highest BCUT2D eigenvalue weighted by molar-refractivity contribution is 7.12. The first kappa shape index (κ1) is 20.2. The molecule has 2 N–H and O–H groups in total. The van der Waals surface area contributed by atoms with Crippen molar-refractivity contribution < 1.29 is 9.59 Å². The Balaban J connectivity index is 1.67. The number of carbonyl (C=O) groups is 2. The zero-order chi connectivity index (χ0) is 21.1. The molecule has 0 atom stereocenters. The lowest BCUT2D eigenvalue weighted by Crippen LogP contribution is -2.16. The number of benzene rings is 2. The van der Waals surface area contributed by atoms with E-state index in [1.165, 1.54) is 11.3 Å². The number of anilines is 1. The van der Waals surface area contributed by atoms with Gasteiger partial charge in [0.1, 0.15) is 0 Å². The summed E-state index contributed by atoms with van der Waals surface area (Å²) >= 11 is 13.3. The molecule has 0 radical (unpaired) electrons. The molecule has 0 aliphatic carbocycles. The zero-order valence-corrected chi connectivity index (χ0v) is 17.6. The Labute approximate surface area is 185 Å². The second-order valence-electron chi connectivity index (χ2n) is 6.27. The largest absolute Gasteiger partial charge is 0.322 e. The summed E-state index contributed by atoms with van der Waals surface area (Å²) in [5.41, 5.74) is 2.11. The fourth-order valence-electron chi connectivity index (χ4n) is 2.86. The number of hydrogen-bond acceptors (Lipinski definition) is 6. The first-order chi connectivity index (χ1) is 14.5. The van der Waals surface area contributed by atoms with Gasteiger partial charge in [0.15, 0.2) is 5.78 Å². The molecule has 0 aliphatic heterocycles. The summed E-state index contributed by atoms with van der Waals surface area (Å²) in [5.74, 6) is -0.166. The Morgan fingerprint density at radius 3 is 2.53 bits per heavy atom. The third kappa shape index (κ3) is 4.40. The highest BCUT2D eigenvalue weighted by atomic mass is 35.5. The Bertz CT molecular complexity index is 1210. The number of tetrazole rings is 1. The first-order valence-corrected chi connectivity index (χ1v) is 10.3. The highest BCUT2D eigenvalue weighted by Crippen LogP contribution is 2.26. The van der Waals surface area contributed by atoms with Gasteiger partial charge in [-0.1, -0.05) is 29.3 Å². The van der Waals surface area contributed by atoms with E-state index < -0.39 is 0 Å². The normalized spacial score (nSPS) is 10.7. The molecule has 0 spiro atoms. The van der Waals surface area contributed by atoms with Crippen LogP contribution in [-0.4, -0.2) is 32.3 Å². The summed E-state index contributed by atoms with van der Waals surface area (Å²) in [5, 5.41) is 19.4. The lowest BCUT2D eigenvalue weighted by atomic mass is 9.98. The number of aromatic nitrogens is 4. The molecule has 4 aromatic rings. The number of nitrogens with zero attached hydrogens (tertiary/aromatic N) is 3. The van der Waals surface area contributed by atoms with Crippen LogP contribution in [0.3, 0.4) is 0 Å². The molecular formula is C20H13Cl2N5O2S.